The first-order chi connectivity index (χ1) is 10.2. The van der Waals surface area contributed by atoms with Crippen LogP contribution in [0, 0.1) is 5.82 Å². The number of halogens is 1. The van der Waals surface area contributed by atoms with Gasteiger partial charge < -0.3 is 9.64 Å². The van der Waals surface area contributed by atoms with Crippen molar-refractivity contribution >= 4 is 5.91 Å². The van der Waals surface area contributed by atoms with Gasteiger partial charge in [-0.05, 0) is 29.8 Å². The molecule has 0 saturated heterocycles. The number of methoxy groups -OCH3 is 1. The summed E-state index contributed by atoms with van der Waals surface area (Å²) in [6.45, 7) is 1.18. The van der Waals surface area contributed by atoms with Crippen LogP contribution in [0.15, 0.2) is 48.8 Å². The Balaban J connectivity index is 2.19. The fraction of sp³-hybridized carbons (Fsp3) is 0.250. The number of benzene rings is 1. The molecule has 0 N–H and O–H groups in total. The second-order valence-electron chi connectivity index (χ2n) is 4.55. The van der Waals surface area contributed by atoms with Crippen molar-refractivity contribution in [3.8, 4) is 0 Å². The van der Waals surface area contributed by atoms with Crippen LogP contribution in [-0.2, 0) is 11.3 Å². The monoisotopic (exact) mass is 288 g/mol. The summed E-state index contributed by atoms with van der Waals surface area (Å²) >= 11 is 0. The molecule has 0 unspecified atom stereocenters. The molecule has 1 aromatic heterocycles. The maximum Gasteiger partial charge on any atom is 0.257 e. The van der Waals surface area contributed by atoms with Crippen LogP contribution in [0.25, 0.3) is 0 Å². The summed E-state index contributed by atoms with van der Waals surface area (Å²) in [6, 6.07) is 9.65. The predicted molar refractivity (Wildman–Crippen MR) is 77.3 cm³/mol. The molecular formula is C16H17FN2O2. The lowest BCUT2D eigenvalue weighted by Gasteiger charge is -2.22. The number of nitrogens with zero attached hydrogens (tertiary/aromatic N) is 2. The van der Waals surface area contributed by atoms with Crippen molar-refractivity contribution in [3.05, 3.63) is 65.7 Å². The summed E-state index contributed by atoms with van der Waals surface area (Å²) in [6.07, 6.45) is 3.33. The molecule has 5 heteroatoms. The van der Waals surface area contributed by atoms with E-state index in [4.69, 9.17) is 4.74 Å². The van der Waals surface area contributed by atoms with Crippen molar-refractivity contribution in [1.82, 2.24) is 9.88 Å². The number of carbonyl (C=O) groups is 1. The molecule has 0 aliphatic heterocycles. The van der Waals surface area contributed by atoms with E-state index in [9.17, 15) is 9.18 Å². The second kappa shape index (κ2) is 7.50. The van der Waals surface area contributed by atoms with Gasteiger partial charge in [-0.3, -0.25) is 9.78 Å². The lowest BCUT2D eigenvalue weighted by atomic mass is 10.1. The van der Waals surface area contributed by atoms with Crippen LogP contribution in [0.3, 0.4) is 0 Å². The number of rotatable bonds is 6. The molecule has 0 radical (unpaired) electrons. The Kier molecular flexibility index (Phi) is 5.40. The average molecular weight is 288 g/mol. The van der Waals surface area contributed by atoms with E-state index in [1.807, 2.05) is 12.1 Å². The number of amides is 1. The SMILES string of the molecule is COCCN(Cc1ccncc1)C(=O)c1ccccc1F. The van der Waals surface area contributed by atoms with E-state index in [0.29, 0.717) is 19.7 Å². The fourth-order valence-corrected chi connectivity index (χ4v) is 1.97. The van der Waals surface area contributed by atoms with Crippen molar-refractivity contribution in [2.75, 3.05) is 20.3 Å². The van der Waals surface area contributed by atoms with Gasteiger partial charge in [-0.25, -0.2) is 4.39 Å². The molecule has 1 heterocycles. The minimum Gasteiger partial charge on any atom is -0.383 e. The number of ether oxygens (including phenoxy) is 1. The number of hydrogen-bond acceptors (Lipinski definition) is 3. The molecule has 1 amide bonds. The third kappa shape index (κ3) is 4.10. The highest BCUT2D eigenvalue weighted by Gasteiger charge is 2.18. The third-order valence-corrected chi connectivity index (χ3v) is 3.08. The molecule has 4 nitrogen and oxygen atoms in total. The zero-order valence-corrected chi connectivity index (χ0v) is 11.8. The normalized spacial score (nSPS) is 10.4. The Hall–Kier alpha value is -2.27. The number of pyridine rings is 1. The summed E-state index contributed by atoms with van der Waals surface area (Å²) in [5.74, 6) is -0.860. The maximum atomic E-state index is 13.8. The number of aromatic nitrogens is 1. The van der Waals surface area contributed by atoms with E-state index >= 15 is 0 Å². The smallest absolute Gasteiger partial charge is 0.257 e. The van der Waals surface area contributed by atoms with Crippen LogP contribution >= 0.6 is 0 Å². The molecule has 2 aromatic rings. The van der Waals surface area contributed by atoms with Crippen molar-refractivity contribution in [2.45, 2.75) is 6.54 Å². The highest BCUT2D eigenvalue weighted by atomic mass is 19.1. The van der Waals surface area contributed by atoms with E-state index in [1.54, 1.807) is 36.5 Å². The van der Waals surface area contributed by atoms with Crippen LogP contribution in [0.5, 0.6) is 0 Å². The molecule has 0 atom stereocenters. The van der Waals surface area contributed by atoms with Gasteiger partial charge in [0.1, 0.15) is 5.82 Å². The molecule has 2 rings (SSSR count). The third-order valence-electron chi connectivity index (χ3n) is 3.08. The van der Waals surface area contributed by atoms with Gasteiger partial charge in [-0.2, -0.15) is 0 Å². The van der Waals surface area contributed by atoms with Crippen LogP contribution < -0.4 is 0 Å². The predicted octanol–water partition coefficient (Wildman–Crippen LogP) is 2.51. The fourth-order valence-electron chi connectivity index (χ4n) is 1.97. The Labute approximate surface area is 123 Å². The molecular weight excluding hydrogens is 271 g/mol. The van der Waals surface area contributed by atoms with Gasteiger partial charge in [-0.15, -0.1) is 0 Å². The van der Waals surface area contributed by atoms with Crippen molar-refractivity contribution in [1.29, 1.82) is 0 Å². The molecule has 0 bridgehead atoms. The Morgan fingerprint density at radius 3 is 2.62 bits per heavy atom. The minimum absolute atomic E-state index is 0.0719. The largest absolute Gasteiger partial charge is 0.383 e. The van der Waals surface area contributed by atoms with E-state index in [2.05, 4.69) is 4.98 Å². The van der Waals surface area contributed by atoms with E-state index in [1.165, 1.54) is 12.1 Å². The quantitative estimate of drug-likeness (QED) is 0.820. The first-order valence-electron chi connectivity index (χ1n) is 6.64. The zero-order valence-electron chi connectivity index (χ0n) is 11.8. The van der Waals surface area contributed by atoms with Crippen LogP contribution in [0.2, 0.25) is 0 Å². The number of hydrogen-bond donors (Lipinski definition) is 0. The molecule has 0 spiro atoms. The van der Waals surface area contributed by atoms with Gasteiger partial charge in [0, 0.05) is 32.6 Å². The highest BCUT2D eigenvalue weighted by Crippen LogP contribution is 2.12. The summed E-state index contributed by atoms with van der Waals surface area (Å²) in [7, 11) is 1.57. The van der Waals surface area contributed by atoms with Crippen molar-refractivity contribution < 1.29 is 13.9 Å². The lowest BCUT2D eigenvalue weighted by molar-refractivity contribution is 0.0675. The van der Waals surface area contributed by atoms with Crippen molar-refractivity contribution in [2.24, 2.45) is 0 Å². The highest BCUT2D eigenvalue weighted by molar-refractivity contribution is 5.94. The summed E-state index contributed by atoms with van der Waals surface area (Å²) in [5.41, 5.74) is 1.01. The zero-order chi connectivity index (χ0) is 15.1. The van der Waals surface area contributed by atoms with E-state index in [0.717, 1.165) is 5.56 Å². The van der Waals surface area contributed by atoms with Crippen LogP contribution in [-0.4, -0.2) is 36.1 Å². The van der Waals surface area contributed by atoms with Crippen LogP contribution in [0.1, 0.15) is 15.9 Å². The van der Waals surface area contributed by atoms with Gasteiger partial charge in [0.05, 0.1) is 12.2 Å². The Bertz CT molecular complexity index is 590. The molecule has 110 valence electrons. The summed E-state index contributed by atoms with van der Waals surface area (Å²) in [4.78, 5) is 18.0. The first kappa shape index (κ1) is 15.1. The van der Waals surface area contributed by atoms with Gasteiger partial charge in [0.15, 0.2) is 0 Å². The Morgan fingerprint density at radius 1 is 1.24 bits per heavy atom. The average Bonchev–Trinajstić information content (AvgIpc) is 2.52. The van der Waals surface area contributed by atoms with Gasteiger partial charge >= 0.3 is 0 Å². The lowest BCUT2D eigenvalue weighted by Crippen LogP contribution is -2.34. The summed E-state index contributed by atoms with van der Waals surface area (Å²) in [5, 5.41) is 0. The van der Waals surface area contributed by atoms with E-state index in [-0.39, 0.29) is 11.5 Å². The molecule has 21 heavy (non-hydrogen) atoms. The summed E-state index contributed by atoms with van der Waals surface area (Å²) < 4.78 is 18.8. The second-order valence-corrected chi connectivity index (χ2v) is 4.55. The van der Waals surface area contributed by atoms with Crippen molar-refractivity contribution in [3.63, 3.8) is 0 Å². The molecule has 1 aromatic carbocycles. The molecule has 0 saturated carbocycles. The topological polar surface area (TPSA) is 42.4 Å². The Morgan fingerprint density at radius 2 is 1.95 bits per heavy atom. The standard InChI is InChI=1S/C16H17FN2O2/c1-21-11-10-19(12-13-6-8-18-9-7-13)16(20)14-4-2-3-5-15(14)17/h2-9H,10-12H2,1H3. The minimum atomic E-state index is -0.514. The molecule has 0 aliphatic rings. The van der Waals surface area contributed by atoms with E-state index < -0.39 is 5.82 Å². The van der Waals surface area contributed by atoms with Gasteiger partial charge in [-0.1, -0.05) is 12.1 Å². The maximum absolute atomic E-state index is 13.8. The molecule has 0 aliphatic carbocycles. The number of carbonyl (C=O) groups excluding carboxylic acids is 1. The van der Waals surface area contributed by atoms with Gasteiger partial charge in [0.2, 0.25) is 0 Å². The first-order valence-corrected chi connectivity index (χ1v) is 6.64. The van der Waals surface area contributed by atoms with Crippen LogP contribution in [0.4, 0.5) is 4.39 Å². The van der Waals surface area contributed by atoms with Gasteiger partial charge in [0.25, 0.3) is 5.91 Å². The molecule has 0 fully saturated rings.